The number of nitrogens with zero attached hydrogens (tertiary/aromatic N) is 1. The number of nitrogens with one attached hydrogen (secondary N) is 1. The Labute approximate surface area is 137 Å². The molecule has 2 N–H and O–H groups in total. The van der Waals surface area contributed by atoms with Gasteiger partial charge in [-0.1, -0.05) is 23.7 Å². The van der Waals surface area contributed by atoms with E-state index < -0.39 is 23.6 Å². The molecule has 1 aromatic carbocycles. The van der Waals surface area contributed by atoms with Gasteiger partial charge in [0.15, 0.2) is 5.54 Å². The predicted molar refractivity (Wildman–Crippen MR) is 82.7 cm³/mol. The number of urea groups is 1. The average Bonchev–Trinajstić information content (AvgIpc) is 3.12. The van der Waals surface area contributed by atoms with Gasteiger partial charge >= 0.3 is 6.03 Å². The molecule has 3 rings (SSSR count). The highest BCUT2D eigenvalue weighted by atomic mass is 35.5. The number of furan rings is 1. The molecule has 0 saturated carbocycles. The summed E-state index contributed by atoms with van der Waals surface area (Å²) in [4.78, 5) is 25.7. The van der Waals surface area contributed by atoms with Crippen LogP contribution < -0.4 is 5.32 Å². The molecule has 0 radical (unpaired) electrons. The molecule has 3 amide bonds. The van der Waals surface area contributed by atoms with Gasteiger partial charge in [0.25, 0.3) is 5.91 Å². The number of rotatable bonds is 4. The molecule has 0 spiro atoms. The quantitative estimate of drug-likeness (QED) is 0.841. The van der Waals surface area contributed by atoms with Gasteiger partial charge in [-0.15, -0.1) is 0 Å². The lowest BCUT2D eigenvalue weighted by atomic mass is 9.99. The fourth-order valence-electron chi connectivity index (χ4n) is 2.56. The summed E-state index contributed by atoms with van der Waals surface area (Å²) in [6.45, 7) is 1.42. The summed E-state index contributed by atoms with van der Waals surface area (Å²) in [6.07, 6.45) is 0.437. The van der Waals surface area contributed by atoms with Gasteiger partial charge < -0.3 is 14.8 Å². The van der Waals surface area contributed by atoms with Crippen molar-refractivity contribution < 1.29 is 19.1 Å². The van der Waals surface area contributed by atoms with Crippen LogP contribution in [-0.4, -0.2) is 28.5 Å². The van der Waals surface area contributed by atoms with Gasteiger partial charge in [0.2, 0.25) is 0 Å². The van der Waals surface area contributed by atoms with E-state index in [-0.39, 0.29) is 6.54 Å². The summed E-state index contributed by atoms with van der Waals surface area (Å²) >= 11 is 5.81. The molecule has 23 heavy (non-hydrogen) atoms. The lowest BCUT2D eigenvalue weighted by Gasteiger charge is -2.20. The highest BCUT2D eigenvalue weighted by Crippen LogP contribution is 2.30. The third kappa shape index (κ3) is 2.71. The number of aliphatic hydroxyl groups is 1. The van der Waals surface area contributed by atoms with E-state index in [0.717, 1.165) is 4.90 Å². The molecule has 6 nitrogen and oxygen atoms in total. The van der Waals surface area contributed by atoms with Crippen LogP contribution >= 0.6 is 11.6 Å². The van der Waals surface area contributed by atoms with Gasteiger partial charge in [-0.05, 0) is 36.8 Å². The first kappa shape index (κ1) is 15.6. The number of β-amino-alcohol motifs (C(OH)–C–C–N with tert-alkyl or cyclic N) is 1. The van der Waals surface area contributed by atoms with Crippen molar-refractivity contribution in [2.45, 2.75) is 18.6 Å². The predicted octanol–water partition coefficient (Wildman–Crippen LogP) is 2.43. The Hall–Kier alpha value is -2.31. The smallest absolute Gasteiger partial charge is 0.325 e. The van der Waals surface area contributed by atoms with Crippen molar-refractivity contribution in [3.8, 4) is 0 Å². The van der Waals surface area contributed by atoms with Gasteiger partial charge in [-0.25, -0.2) is 4.79 Å². The first-order valence-corrected chi connectivity index (χ1v) is 7.41. The third-order valence-corrected chi connectivity index (χ3v) is 4.15. The first-order chi connectivity index (χ1) is 10.9. The first-order valence-electron chi connectivity index (χ1n) is 7.03. The third-order valence-electron chi connectivity index (χ3n) is 3.90. The standard InChI is InChI=1S/C16H15ClN2O4/c1-16(13-3-2-8-23-13)14(21)19(15(22)18-16)9-12(20)10-4-6-11(17)7-5-10/h2-8,12,20H,9H2,1H3,(H,18,22)/t12-,16+/m1/s1. The minimum atomic E-state index is -1.26. The van der Waals surface area contributed by atoms with Crippen molar-refractivity contribution in [3.63, 3.8) is 0 Å². The maximum absolute atomic E-state index is 12.6. The fourth-order valence-corrected chi connectivity index (χ4v) is 2.68. The van der Waals surface area contributed by atoms with Crippen LogP contribution in [0.25, 0.3) is 0 Å². The van der Waals surface area contributed by atoms with Crippen LogP contribution in [0.3, 0.4) is 0 Å². The SMILES string of the molecule is C[C@@]1(c2ccco2)NC(=O)N(C[C@@H](O)c2ccc(Cl)cc2)C1=O. The number of hydrogen-bond acceptors (Lipinski definition) is 4. The summed E-state index contributed by atoms with van der Waals surface area (Å²) in [5.74, 6) is -0.121. The van der Waals surface area contributed by atoms with Crippen molar-refractivity contribution >= 4 is 23.5 Å². The fraction of sp³-hybridized carbons (Fsp3) is 0.250. The summed E-state index contributed by atoms with van der Waals surface area (Å²) in [5, 5.41) is 13.4. The number of carbonyl (C=O) groups excluding carboxylic acids is 2. The molecule has 0 bridgehead atoms. The molecule has 7 heteroatoms. The molecule has 1 saturated heterocycles. The van der Waals surface area contributed by atoms with Crippen LogP contribution in [0.5, 0.6) is 0 Å². The maximum Gasteiger partial charge on any atom is 0.325 e. The second-order valence-corrected chi connectivity index (χ2v) is 5.95. The van der Waals surface area contributed by atoms with Gasteiger partial charge in [-0.3, -0.25) is 9.69 Å². The van der Waals surface area contributed by atoms with Gasteiger partial charge in [0.05, 0.1) is 18.9 Å². The Morgan fingerprint density at radius 1 is 1.30 bits per heavy atom. The van der Waals surface area contributed by atoms with Crippen LogP contribution in [0.15, 0.2) is 47.1 Å². The summed E-state index contributed by atoms with van der Waals surface area (Å²) in [5.41, 5.74) is -0.693. The molecular formula is C16H15ClN2O4. The normalized spacial score (nSPS) is 22.3. The van der Waals surface area contributed by atoms with E-state index in [1.54, 1.807) is 43.3 Å². The summed E-state index contributed by atoms with van der Waals surface area (Å²) < 4.78 is 5.25. The molecular weight excluding hydrogens is 320 g/mol. The Kier molecular flexibility index (Phi) is 3.87. The van der Waals surface area contributed by atoms with E-state index in [2.05, 4.69) is 5.32 Å². The molecule has 1 aliphatic rings. The van der Waals surface area contributed by atoms with Crippen molar-refractivity contribution in [2.24, 2.45) is 0 Å². The second kappa shape index (κ2) is 5.72. The van der Waals surface area contributed by atoms with Crippen LogP contribution in [0.4, 0.5) is 4.79 Å². The maximum atomic E-state index is 12.6. The number of amides is 3. The Balaban J connectivity index is 1.79. The van der Waals surface area contributed by atoms with Crippen LogP contribution in [0.1, 0.15) is 24.4 Å². The molecule has 2 atom stereocenters. The second-order valence-electron chi connectivity index (χ2n) is 5.52. The van der Waals surface area contributed by atoms with Gasteiger partial charge in [-0.2, -0.15) is 0 Å². The molecule has 1 fully saturated rings. The van der Waals surface area contributed by atoms with Crippen molar-refractivity contribution in [2.75, 3.05) is 6.54 Å². The van der Waals surface area contributed by atoms with Crippen molar-refractivity contribution in [3.05, 3.63) is 59.0 Å². The van der Waals surface area contributed by atoms with E-state index in [1.807, 2.05) is 0 Å². The van der Waals surface area contributed by atoms with E-state index in [1.165, 1.54) is 6.26 Å². The van der Waals surface area contributed by atoms with Crippen LogP contribution in [0.2, 0.25) is 5.02 Å². The van der Waals surface area contributed by atoms with Crippen LogP contribution in [-0.2, 0) is 10.3 Å². The summed E-state index contributed by atoms with van der Waals surface area (Å²) in [7, 11) is 0. The molecule has 2 heterocycles. The number of imide groups is 1. The topological polar surface area (TPSA) is 82.8 Å². The Morgan fingerprint density at radius 3 is 2.61 bits per heavy atom. The molecule has 0 aliphatic carbocycles. The number of benzene rings is 1. The zero-order chi connectivity index (χ0) is 16.6. The Bertz CT molecular complexity index is 729. The highest BCUT2D eigenvalue weighted by Gasteiger charge is 2.51. The Morgan fingerprint density at radius 2 is 2.00 bits per heavy atom. The minimum absolute atomic E-state index is 0.150. The van der Waals surface area contributed by atoms with Gasteiger partial charge in [0, 0.05) is 5.02 Å². The lowest BCUT2D eigenvalue weighted by Crippen LogP contribution is -2.41. The van der Waals surface area contributed by atoms with E-state index in [4.69, 9.17) is 16.0 Å². The number of hydrogen-bond donors (Lipinski definition) is 2. The molecule has 0 unspecified atom stereocenters. The zero-order valence-corrected chi connectivity index (χ0v) is 13.1. The van der Waals surface area contributed by atoms with E-state index >= 15 is 0 Å². The zero-order valence-electron chi connectivity index (χ0n) is 12.3. The lowest BCUT2D eigenvalue weighted by molar-refractivity contribution is -0.132. The highest BCUT2D eigenvalue weighted by molar-refractivity contribution is 6.30. The number of aliphatic hydroxyl groups excluding tert-OH is 1. The average molecular weight is 335 g/mol. The van der Waals surface area contributed by atoms with E-state index in [9.17, 15) is 14.7 Å². The van der Waals surface area contributed by atoms with Crippen molar-refractivity contribution in [1.29, 1.82) is 0 Å². The number of carbonyl (C=O) groups is 2. The minimum Gasteiger partial charge on any atom is -0.466 e. The van der Waals surface area contributed by atoms with Crippen LogP contribution in [0, 0.1) is 0 Å². The summed E-state index contributed by atoms with van der Waals surface area (Å²) in [6, 6.07) is 9.27. The largest absolute Gasteiger partial charge is 0.466 e. The molecule has 2 aromatic rings. The van der Waals surface area contributed by atoms with Crippen molar-refractivity contribution in [1.82, 2.24) is 10.2 Å². The van der Waals surface area contributed by atoms with Gasteiger partial charge in [0.1, 0.15) is 5.76 Å². The monoisotopic (exact) mass is 334 g/mol. The molecule has 1 aliphatic heterocycles. The molecule has 1 aromatic heterocycles. The number of halogens is 1. The molecule has 120 valence electrons. The van der Waals surface area contributed by atoms with E-state index in [0.29, 0.717) is 16.3 Å².